The standard InChI is InChI=1S/C63H45NO/c1-63(2)56-33-14-10-31-55(56)62-54(32-19-34-57(62)63)51-29-12-16-36-59(51)64(45-23-18-22-43(40-45)44-38-39-53-52-30-13-17-37-60(52)65-61(53)41-44)58-35-15-11-28-50(58)49-27-9-8-26-48(49)47-25-7-6-24-46(47)42-20-4-3-5-21-42/h3-41H,1-2H3. The number of rotatable bonds is 8. The van der Waals surface area contributed by atoms with Gasteiger partial charge in [0.2, 0.25) is 0 Å². The Labute approximate surface area is 380 Å². The maximum absolute atomic E-state index is 6.41. The number of hydrogen-bond acceptors (Lipinski definition) is 2. The van der Waals surface area contributed by atoms with Crippen LogP contribution >= 0.6 is 0 Å². The van der Waals surface area contributed by atoms with E-state index in [0.717, 1.165) is 61.3 Å². The van der Waals surface area contributed by atoms with Crippen LogP contribution in [-0.2, 0) is 5.41 Å². The first-order valence-corrected chi connectivity index (χ1v) is 22.5. The van der Waals surface area contributed by atoms with Crippen LogP contribution in [0.4, 0.5) is 17.1 Å². The van der Waals surface area contributed by atoms with Crippen molar-refractivity contribution in [3.63, 3.8) is 0 Å². The minimum Gasteiger partial charge on any atom is -0.456 e. The van der Waals surface area contributed by atoms with Crippen molar-refractivity contribution in [1.82, 2.24) is 0 Å². The highest BCUT2D eigenvalue weighted by molar-refractivity contribution is 6.06. The summed E-state index contributed by atoms with van der Waals surface area (Å²) in [5.41, 5.74) is 21.9. The van der Waals surface area contributed by atoms with Gasteiger partial charge in [-0.2, -0.15) is 0 Å². The topological polar surface area (TPSA) is 16.4 Å². The van der Waals surface area contributed by atoms with E-state index >= 15 is 0 Å². The van der Waals surface area contributed by atoms with E-state index < -0.39 is 0 Å². The molecule has 0 unspecified atom stereocenters. The van der Waals surface area contributed by atoms with Crippen molar-refractivity contribution in [2.24, 2.45) is 0 Å². The van der Waals surface area contributed by atoms with Gasteiger partial charge in [-0.25, -0.2) is 0 Å². The van der Waals surface area contributed by atoms with Crippen molar-refractivity contribution < 1.29 is 4.42 Å². The number of anilines is 3. The van der Waals surface area contributed by atoms with Gasteiger partial charge in [0.1, 0.15) is 11.2 Å². The lowest BCUT2D eigenvalue weighted by atomic mass is 9.82. The van der Waals surface area contributed by atoms with Gasteiger partial charge < -0.3 is 9.32 Å². The molecule has 0 saturated heterocycles. The van der Waals surface area contributed by atoms with Crippen molar-refractivity contribution in [2.75, 3.05) is 4.90 Å². The van der Waals surface area contributed by atoms with Crippen LogP contribution in [0.3, 0.4) is 0 Å². The molecule has 0 aliphatic heterocycles. The van der Waals surface area contributed by atoms with E-state index in [1.54, 1.807) is 0 Å². The fourth-order valence-electron chi connectivity index (χ4n) is 10.4. The summed E-state index contributed by atoms with van der Waals surface area (Å²) >= 11 is 0. The second kappa shape index (κ2) is 15.6. The minimum absolute atomic E-state index is 0.127. The summed E-state index contributed by atoms with van der Waals surface area (Å²) in [5.74, 6) is 0. The molecule has 0 atom stereocenters. The van der Waals surface area contributed by atoms with E-state index in [-0.39, 0.29) is 5.41 Å². The van der Waals surface area contributed by atoms with Crippen molar-refractivity contribution in [1.29, 1.82) is 0 Å². The fraction of sp³-hybridized carbons (Fsp3) is 0.0476. The van der Waals surface area contributed by atoms with Crippen molar-refractivity contribution in [3.05, 3.63) is 248 Å². The molecule has 308 valence electrons. The Balaban J connectivity index is 1.09. The van der Waals surface area contributed by atoms with Crippen LogP contribution < -0.4 is 4.90 Å². The average Bonchev–Trinajstić information content (AvgIpc) is 3.86. The maximum atomic E-state index is 6.41. The molecule has 1 aromatic heterocycles. The van der Waals surface area contributed by atoms with E-state index in [1.807, 2.05) is 12.1 Å². The van der Waals surface area contributed by atoms with Gasteiger partial charge in [-0.1, -0.05) is 208 Å². The SMILES string of the molecule is CC1(C)c2ccccc2-c2c(-c3ccccc3N(c3cccc(-c4ccc5c(c4)oc4ccccc45)c3)c3ccccc3-c3ccccc3-c3ccccc3-c3ccccc3)cccc21. The highest BCUT2D eigenvalue weighted by atomic mass is 16.3. The number of benzene rings is 10. The molecule has 10 aromatic carbocycles. The van der Waals surface area contributed by atoms with Crippen molar-refractivity contribution >= 4 is 39.0 Å². The molecule has 2 nitrogen and oxygen atoms in total. The molecule has 12 rings (SSSR count). The van der Waals surface area contributed by atoms with E-state index in [2.05, 4.69) is 243 Å². The molecule has 0 N–H and O–H groups in total. The van der Waals surface area contributed by atoms with Gasteiger partial charge in [0.25, 0.3) is 0 Å². The van der Waals surface area contributed by atoms with Crippen molar-refractivity contribution in [3.8, 4) is 66.8 Å². The summed E-state index contributed by atoms with van der Waals surface area (Å²) in [6.07, 6.45) is 0. The molecule has 65 heavy (non-hydrogen) atoms. The Hall–Kier alpha value is -8.20. The molecule has 1 aliphatic carbocycles. The molecule has 0 amide bonds. The quantitative estimate of drug-likeness (QED) is 0.152. The lowest BCUT2D eigenvalue weighted by Gasteiger charge is -2.31. The molecule has 0 saturated carbocycles. The van der Waals surface area contributed by atoms with E-state index in [1.165, 1.54) is 55.6 Å². The summed E-state index contributed by atoms with van der Waals surface area (Å²) in [5, 5.41) is 2.25. The lowest BCUT2D eigenvalue weighted by molar-refractivity contribution is 0.660. The van der Waals surface area contributed by atoms with Crippen LogP contribution in [0.1, 0.15) is 25.0 Å². The third-order valence-corrected chi connectivity index (χ3v) is 13.5. The Bertz CT molecular complexity index is 3590. The number of hydrogen-bond donors (Lipinski definition) is 0. The monoisotopic (exact) mass is 831 g/mol. The highest BCUT2D eigenvalue weighted by Crippen LogP contribution is 2.54. The van der Waals surface area contributed by atoms with Crippen molar-refractivity contribution in [2.45, 2.75) is 19.3 Å². The Morgan fingerprint density at radius 3 is 1.57 bits per heavy atom. The van der Waals surface area contributed by atoms with Gasteiger partial charge >= 0.3 is 0 Å². The number of furan rings is 1. The first-order chi connectivity index (χ1) is 32.0. The smallest absolute Gasteiger partial charge is 0.136 e. The third-order valence-electron chi connectivity index (χ3n) is 13.5. The molecule has 0 spiro atoms. The summed E-state index contributed by atoms with van der Waals surface area (Å²) in [6.45, 7) is 4.72. The van der Waals surface area contributed by atoms with Gasteiger partial charge in [0.05, 0.1) is 11.4 Å². The summed E-state index contributed by atoms with van der Waals surface area (Å²) in [7, 11) is 0. The molecule has 1 heterocycles. The molecule has 2 heteroatoms. The maximum Gasteiger partial charge on any atom is 0.136 e. The molecule has 0 radical (unpaired) electrons. The average molecular weight is 832 g/mol. The third kappa shape index (κ3) is 6.40. The molecule has 0 fully saturated rings. The van der Waals surface area contributed by atoms with Crippen LogP contribution in [0.25, 0.3) is 88.7 Å². The number of para-hydroxylation sites is 3. The molecule has 0 bridgehead atoms. The van der Waals surface area contributed by atoms with Crippen LogP contribution in [0, 0.1) is 0 Å². The Morgan fingerprint density at radius 1 is 0.323 bits per heavy atom. The van der Waals surface area contributed by atoms with Crippen LogP contribution in [-0.4, -0.2) is 0 Å². The summed E-state index contributed by atoms with van der Waals surface area (Å²) in [6, 6.07) is 86.0. The zero-order valence-corrected chi connectivity index (χ0v) is 36.4. The van der Waals surface area contributed by atoms with E-state index in [4.69, 9.17) is 4.42 Å². The molecular weight excluding hydrogens is 787 g/mol. The van der Waals surface area contributed by atoms with Gasteiger partial charge in [-0.15, -0.1) is 0 Å². The second-order valence-corrected chi connectivity index (χ2v) is 17.6. The summed E-state index contributed by atoms with van der Waals surface area (Å²) < 4.78 is 6.41. The zero-order chi connectivity index (χ0) is 43.5. The van der Waals surface area contributed by atoms with E-state index in [0.29, 0.717) is 0 Å². The van der Waals surface area contributed by atoms with E-state index in [9.17, 15) is 0 Å². The number of nitrogens with zero attached hydrogens (tertiary/aromatic N) is 1. The highest BCUT2D eigenvalue weighted by Gasteiger charge is 2.37. The van der Waals surface area contributed by atoms with Gasteiger partial charge in [0, 0.05) is 33.0 Å². The fourth-order valence-corrected chi connectivity index (χ4v) is 10.4. The van der Waals surface area contributed by atoms with Crippen LogP contribution in [0.2, 0.25) is 0 Å². The summed E-state index contributed by atoms with van der Waals surface area (Å²) in [4.78, 5) is 2.49. The molecule has 11 aromatic rings. The van der Waals surface area contributed by atoms with Gasteiger partial charge in [-0.05, 0) is 109 Å². The zero-order valence-electron chi connectivity index (χ0n) is 36.4. The first kappa shape index (κ1) is 38.5. The predicted molar refractivity (Wildman–Crippen MR) is 273 cm³/mol. The van der Waals surface area contributed by atoms with Crippen LogP contribution in [0.15, 0.2) is 241 Å². The largest absolute Gasteiger partial charge is 0.456 e. The van der Waals surface area contributed by atoms with Gasteiger partial charge in [0.15, 0.2) is 0 Å². The van der Waals surface area contributed by atoms with Crippen LogP contribution in [0.5, 0.6) is 0 Å². The van der Waals surface area contributed by atoms with Gasteiger partial charge in [-0.3, -0.25) is 0 Å². The predicted octanol–water partition coefficient (Wildman–Crippen LogP) is 17.7. The second-order valence-electron chi connectivity index (χ2n) is 17.6. The Kier molecular flexibility index (Phi) is 9.21. The lowest BCUT2D eigenvalue weighted by Crippen LogP contribution is -2.15. The normalized spacial score (nSPS) is 12.6. The minimum atomic E-state index is -0.127. The first-order valence-electron chi connectivity index (χ1n) is 22.5. The number of fused-ring (bicyclic) bond motifs is 6. The molecular formula is C63H45NO. The molecule has 1 aliphatic rings. The Morgan fingerprint density at radius 2 is 0.815 bits per heavy atom.